The number of carbonyl (C=O) groups excluding carboxylic acids is 2. The van der Waals surface area contributed by atoms with Crippen LogP contribution in [0.5, 0.6) is 5.75 Å². The fraction of sp³-hybridized carbons (Fsp3) is 0.292. The van der Waals surface area contributed by atoms with Crippen LogP contribution in [-0.4, -0.2) is 24.0 Å². The normalized spacial score (nSPS) is 12.9. The van der Waals surface area contributed by atoms with Crippen molar-refractivity contribution in [1.29, 1.82) is 0 Å². The first kappa shape index (κ1) is 22.1. The van der Waals surface area contributed by atoms with Crippen LogP contribution in [-0.2, 0) is 16.0 Å². The number of hydrogen-bond donors (Lipinski definition) is 1. The van der Waals surface area contributed by atoms with E-state index in [1.54, 1.807) is 50.2 Å². The Morgan fingerprint density at radius 3 is 2.35 bits per heavy atom. The number of hydrogen-bond acceptors (Lipinski definition) is 6. The van der Waals surface area contributed by atoms with E-state index in [9.17, 15) is 19.5 Å². The molecular formula is C24H24NO6-. The van der Waals surface area contributed by atoms with Gasteiger partial charge in [-0.2, -0.15) is 0 Å². The van der Waals surface area contributed by atoms with Crippen LogP contribution in [0.1, 0.15) is 29.2 Å². The molecule has 7 heteroatoms. The molecule has 0 aliphatic rings. The van der Waals surface area contributed by atoms with Crippen molar-refractivity contribution in [2.75, 3.05) is 0 Å². The zero-order valence-corrected chi connectivity index (χ0v) is 17.9. The zero-order chi connectivity index (χ0) is 22.7. The zero-order valence-electron chi connectivity index (χ0n) is 17.9. The largest absolute Gasteiger partial charge is 0.548 e. The molecule has 3 rings (SSSR count). The van der Waals surface area contributed by atoms with Gasteiger partial charge in [-0.05, 0) is 57.4 Å². The minimum Gasteiger partial charge on any atom is -0.548 e. The van der Waals surface area contributed by atoms with Crippen molar-refractivity contribution >= 4 is 22.8 Å². The molecule has 0 saturated heterocycles. The molecule has 0 unspecified atom stereocenters. The Labute approximate surface area is 179 Å². The third-order valence-corrected chi connectivity index (χ3v) is 5.38. The number of nitrogens with one attached hydrogen (secondary N) is 1. The summed E-state index contributed by atoms with van der Waals surface area (Å²) < 4.78 is 11.2. The van der Waals surface area contributed by atoms with Gasteiger partial charge < -0.3 is 24.4 Å². The van der Waals surface area contributed by atoms with Crippen LogP contribution in [0.15, 0.2) is 51.7 Å². The number of fused-ring (bicyclic) bond motifs is 1. The molecule has 0 saturated carbocycles. The number of carboxylic acids is 1. The van der Waals surface area contributed by atoms with Crippen molar-refractivity contribution < 1.29 is 23.8 Å². The first-order valence-electron chi connectivity index (χ1n) is 9.94. The standard InChI is InChI=1S/C24H25NO6/c1-13-14(2)24(29)31-21-15(3)20(11-10-18(13)21)30-16(4)22(26)25-19(23(27)28)12-17-8-6-5-7-9-17/h5-11,16,19H,12H2,1-4H3,(H,25,26)(H,27,28)/p-1/t16-,19-/m0/s1. The molecule has 1 heterocycles. The number of carbonyl (C=O) groups is 2. The van der Waals surface area contributed by atoms with Crippen LogP contribution < -0.4 is 20.8 Å². The quantitative estimate of drug-likeness (QED) is 0.583. The van der Waals surface area contributed by atoms with E-state index in [2.05, 4.69) is 5.32 Å². The lowest BCUT2D eigenvalue weighted by Crippen LogP contribution is -2.52. The fourth-order valence-corrected chi connectivity index (χ4v) is 3.33. The second-order valence-corrected chi connectivity index (χ2v) is 7.53. The number of ether oxygens (including phenoxy) is 1. The molecule has 31 heavy (non-hydrogen) atoms. The molecule has 2 atom stereocenters. The molecule has 0 spiro atoms. The second-order valence-electron chi connectivity index (χ2n) is 7.53. The summed E-state index contributed by atoms with van der Waals surface area (Å²) >= 11 is 0. The predicted molar refractivity (Wildman–Crippen MR) is 114 cm³/mol. The molecule has 0 bridgehead atoms. The fourth-order valence-electron chi connectivity index (χ4n) is 3.33. The number of rotatable bonds is 7. The average Bonchev–Trinajstić information content (AvgIpc) is 2.74. The lowest BCUT2D eigenvalue weighted by atomic mass is 10.0. The van der Waals surface area contributed by atoms with Crippen molar-refractivity contribution in [2.24, 2.45) is 0 Å². The van der Waals surface area contributed by atoms with E-state index in [-0.39, 0.29) is 6.42 Å². The van der Waals surface area contributed by atoms with E-state index < -0.39 is 29.6 Å². The van der Waals surface area contributed by atoms with Crippen LogP contribution in [0, 0.1) is 20.8 Å². The first-order chi connectivity index (χ1) is 14.7. The van der Waals surface area contributed by atoms with E-state index in [4.69, 9.17) is 9.15 Å². The molecule has 1 N–H and O–H groups in total. The van der Waals surface area contributed by atoms with Gasteiger partial charge >= 0.3 is 5.63 Å². The first-order valence-corrected chi connectivity index (χ1v) is 9.94. The average molecular weight is 422 g/mol. The summed E-state index contributed by atoms with van der Waals surface area (Å²) in [6.45, 7) is 6.80. The summed E-state index contributed by atoms with van der Waals surface area (Å²) in [7, 11) is 0. The summed E-state index contributed by atoms with van der Waals surface area (Å²) in [5.41, 5.74) is 2.68. The highest BCUT2D eigenvalue weighted by molar-refractivity contribution is 5.87. The van der Waals surface area contributed by atoms with Crippen LogP contribution in [0.2, 0.25) is 0 Å². The Hall–Kier alpha value is -3.61. The second kappa shape index (κ2) is 9.04. The molecule has 0 aliphatic carbocycles. The lowest BCUT2D eigenvalue weighted by Gasteiger charge is -2.23. The summed E-state index contributed by atoms with van der Waals surface area (Å²) in [5, 5.41) is 14.8. The SMILES string of the molecule is Cc1c(C)c2ccc(O[C@@H](C)C(=O)N[C@@H](Cc3ccccc3)C(=O)[O-])c(C)c2oc1=O. The Balaban J connectivity index is 1.77. The Kier molecular flexibility index (Phi) is 6.44. The Bertz CT molecular complexity index is 1180. The van der Waals surface area contributed by atoms with Crippen molar-refractivity contribution in [1.82, 2.24) is 5.32 Å². The van der Waals surface area contributed by atoms with Crippen molar-refractivity contribution in [3.63, 3.8) is 0 Å². The van der Waals surface area contributed by atoms with E-state index in [1.807, 2.05) is 13.0 Å². The van der Waals surface area contributed by atoms with Gasteiger partial charge in [0.05, 0.1) is 12.0 Å². The van der Waals surface area contributed by atoms with Crippen LogP contribution in [0.25, 0.3) is 11.0 Å². The maximum absolute atomic E-state index is 12.6. The van der Waals surface area contributed by atoms with Gasteiger partial charge in [0.2, 0.25) is 0 Å². The monoisotopic (exact) mass is 422 g/mol. The van der Waals surface area contributed by atoms with E-state index in [1.165, 1.54) is 6.92 Å². The maximum atomic E-state index is 12.6. The van der Waals surface area contributed by atoms with Crippen LogP contribution >= 0.6 is 0 Å². The summed E-state index contributed by atoms with van der Waals surface area (Å²) in [4.78, 5) is 36.1. The smallest absolute Gasteiger partial charge is 0.339 e. The van der Waals surface area contributed by atoms with Crippen LogP contribution in [0.3, 0.4) is 0 Å². The predicted octanol–water partition coefficient (Wildman–Crippen LogP) is 1.96. The van der Waals surface area contributed by atoms with Crippen molar-refractivity contribution in [3.8, 4) is 5.75 Å². The molecule has 7 nitrogen and oxygen atoms in total. The number of amides is 1. The van der Waals surface area contributed by atoms with Gasteiger partial charge in [-0.25, -0.2) is 4.79 Å². The van der Waals surface area contributed by atoms with E-state index >= 15 is 0 Å². The maximum Gasteiger partial charge on any atom is 0.339 e. The summed E-state index contributed by atoms with van der Waals surface area (Å²) in [6, 6.07) is 11.2. The highest BCUT2D eigenvalue weighted by atomic mass is 16.5. The minimum atomic E-state index is -1.38. The molecule has 0 fully saturated rings. The molecule has 3 aromatic rings. The third-order valence-electron chi connectivity index (χ3n) is 5.38. The van der Waals surface area contributed by atoms with Gasteiger partial charge in [-0.15, -0.1) is 0 Å². The molecule has 1 amide bonds. The van der Waals surface area contributed by atoms with E-state index in [0.29, 0.717) is 22.5 Å². The van der Waals surface area contributed by atoms with Crippen molar-refractivity contribution in [3.05, 3.63) is 75.1 Å². The van der Waals surface area contributed by atoms with Crippen LogP contribution in [0.4, 0.5) is 0 Å². The lowest BCUT2D eigenvalue weighted by molar-refractivity contribution is -0.308. The number of aryl methyl sites for hydroxylation is 2. The highest BCUT2D eigenvalue weighted by Crippen LogP contribution is 2.29. The summed E-state index contributed by atoms with van der Waals surface area (Å²) in [5.74, 6) is -1.60. The number of aliphatic carboxylic acids is 1. The molecule has 1 aromatic heterocycles. The molecule has 2 aromatic carbocycles. The molecule has 0 radical (unpaired) electrons. The minimum absolute atomic E-state index is 0.0976. The molecular weight excluding hydrogens is 398 g/mol. The van der Waals surface area contributed by atoms with Crippen molar-refractivity contribution in [2.45, 2.75) is 46.3 Å². The van der Waals surface area contributed by atoms with E-state index in [0.717, 1.165) is 16.5 Å². The third kappa shape index (κ3) is 4.77. The van der Waals surface area contributed by atoms with Gasteiger partial charge in [-0.1, -0.05) is 30.3 Å². The summed E-state index contributed by atoms with van der Waals surface area (Å²) in [6.07, 6.45) is -0.882. The Morgan fingerprint density at radius 2 is 1.71 bits per heavy atom. The van der Waals surface area contributed by atoms with Gasteiger partial charge in [0.15, 0.2) is 6.10 Å². The number of benzene rings is 2. The molecule has 162 valence electrons. The highest BCUT2D eigenvalue weighted by Gasteiger charge is 2.22. The molecule has 0 aliphatic heterocycles. The van der Waals surface area contributed by atoms with Gasteiger partial charge in [0.1, 0.15) is 11.3 Å². The van der Waals surface area contributed by atoms with Gasteiger partial charge in [0.25, 0.3) is 5.91 Å². The topological polar surface area (TPSA) is 109 Å². The van der Waals surface area contributed by atoms with Gasteiger partial charge in [0, 0.05) is 16.5 Å². The number of carboxylic acid groups (broad SMARTS) is 1. The van der Waals surface area contributed by atoms with Gasteiger partial charge in [-0.3, -0.25) is 4.79 Å². The Morgan fingerprint density at radius 1 is 1.03 bits per heavy atom.